The number of hydrogen-bond donors (Lipinski definition) is 0. The fraction of sp³-hybridized carbons (Fsp3) is 0.385. The third kappa shape index (κ3) is 5.20. The molecule has 10 heteroatoms. The highest BCUT2D eigenvalue weighted by molar-refractivity contribution is 5.77. The molecule has 1 aliphatic heterocycles. The Morgan fingerprint density at radius 3 is 2.48 bits per heavy atom. The topological polar surface area (TPSA) is 117 Å². The second-order valence-corrected chi connectivity index (χ2v) is 4.44. The molecule has 0 bridgehead atoms. The molecule has 1 amide bonds. The van der Waals surface area contributed by atoms with Crippen LogP contribution in [0.4, 0.5) is 10.5 Å². The standard InChI is InChI=1S/C13H14N2O8/c16-12(14-5-7-20-8-6-14)9-21-23-13(17)22-11-3-1-10(2-4-11)15(18)19/h1-4H,5-9H2. The van der Waals surface area contributed by atoms with Crippen molar-refractivity contribution < 1.29 is 33.8 Å². The molecule has 1 aromatic rings. The van der Waals surface area contributed by atoms with Gasteiger partial charge in [0.2, 0.25) is 0 Å². The van der Waals surface area contributed by atoms with Crippen molar-refractivity contribution in [2.45, 2.75) is 0 Å². The summed E-state index contributed by atoms with van der Waals surface area (Å²) in [5.41, 5.74) is -0.141. The van der Waals surface area contributed by atoms with E-state index in [1.54, 1.807) is 0 Å². The van der Waals surface area contributed by atoms with Gasteiger partial charge in [-0.05, 0) is 12.1 Å². The zero-order valence-corrected chi connectivity index (χ0v) is 12.0. The van der Waals surface area contributed by atoms with E-state index in [0.29, 0.717) is 26.3 Å². The molecule has 0 spiro atoms. The summed E-state index contributed by atoms with van der Waals surface area (Å²) in [6.07, 6.45) is -1.19. The third-order valence-corrected chi connectivity index (χ3v) is 2.92. The normalized spacial score (nSPS) is 14.2. The molecule has 1 saturated heterocycles. The number of carbonyl (C=O) groups excluding carboxylic acids is 2. The number of nitro groups is 1. The lowest BCUT2D eigenvalue weighted by Gasteiger charge is -2.26. The monoisotopic (exact) mass is 326 g/mol. The van der Waals surface area contributed by atoms with Crippen molar-refractivity contribution in [3.8, 4) is 5.75 Å². The van der Waals surface area contributed by atoms with Gasteiger partial charge in [-0.2, -0.15) is 4.89 Å². The van der Waals surface area contributed by atoms with Crippen molar-refractivity contribution in [1.29, 1.82) is 0 Å². The first-order chi connectivity index (χ1) is 11.1. The number of carbonyl (C=O) groups is 2. The van der Waals surface area contributed by atoms with Crippen LogP contribution in [0.1, 0.15) is 0 Å². The molecule has 2 rings (SSSR count). The molecule has 0 atom stereocenters. The summed E-state index contributed by atoms with van der Waals surface area (Å²) >= 11 is 0. The molecule has 0 radical (unpaired) electrons. The van der Waals surface area contributed by atoms with Crippen LogP contribution in [-0.2, 0) is 19.3 Å². The van der Waals surface area contributed by atoms with Gasteiger partial charge in [0.15, 0.2) is 6.61 Å². The number of benzene rings is 1. The minimum absolute atomic E-state index is 0.0451. The highest BCUT2D eigenvalue weighted by Crippen LogP contribution is 2.17. The molecule has 0 saturated carbocycles. The largest absolute Gasteiger partial charge is 0.546 e. The van der Waals surface area contributed by atoms with Crippen LogP contribution in [0.15, 0.2) is 24.3 Å². The lowest BCUT2D eigenvalue weighted by molar-refractivity contribution is -0.384. The van der Waals surface area contributed by atoms with E-state index in [4.69, 9.17) is 9.47 Å². The summed E-state index contributed by atoms with van der Waals surface area (Å²) in [4.78, 5) is 43.3. The van der Waals surface area contributed by atoms with Gasteiger partial charge in [0.05, 0.1) is 18.1 Å². The summed E-state index contributed by atoms with van der Waals surface area (Å²) in [6.45, 7) is 1.38. The van der Waals surface area contributed by atoms with Gasteiger partial charge in [-0.15, -0.1) is 0 Å². The maximum atomic E-state index is 11.7. The van der Waals surface area contributed by atoms with Gasteiger partial charge in [0, 0.05) is 25.2 Å². The number of ether oxygens (including phenoxy) is 2. The summed E-state index contributed by atoms with van der Waals surface area (Å²) in [7, 11) is 0. The minimum atomic E-state index is -1.19. The van der Waals surface area contributed by atoms with Gasteiger partial charge in [-0.3, -0.25) is 19.8 Å². The summed E-state index contributed by atoms with van der Waals surface area (Å²) in [6, 6.07) is 4.81. The van der Waals surface area contributed by atoms with Crippen LogP contribution >= 0.6 is 0 Å². The van der Waals surface area contributed by atoms with E-state index in [1.807, 2.05) is 0 Å². The molecule has 0 aromatic heterocycles. The first-order valence-electron chi connectivity index (χ1n) is 6.67. The van der Waals surface area contributed by atoms with Crippen molar-refractivity contribution in [2.24, 2.45) is 0 Å². The molecule has 0 unspecified atom stereocenters. The predicted molar refractivity (Wildman–Crippen MR) is 73.6 cm³/mol. The minimum Gasteiger partial charge on any atom is -0.393 e. The fourth-order valence-corrected chi connectivity index (χ4v) is 1.78. The van der Waals surface area contributed by atoms with E-state index in [1.165, 1.54) is 29.2 Å². The number of nitrogens with zero attached hydrogens (tertiary/aromatic N) is 2. The molecule has 0 N–H and O–H groups in total. The zero-order valence-electron chi connectivity index (χ0n) is 12.0. The lowest BCUT2D eigenvalue weighted by atomic mass is 10.3. The first kappa shape index (κ1) is 16.6. The van der Waals surface area contributed by atoms with E-state index in [-0.39, 0.29) is 17.3 Å². The quantitative estimate of drug-likeness (QED) is 0.257. The lowest BCUT2D eigenvalue weighted by Crippen LogP contribution is -2.42. The predicted octanol–water partition coefficient (Wildman–Crippen LogP) is 0.901. The number of morpholine rings is 1. The molecular weight excluding hydrogens is 312 g/mol. The number of nitro benzene ring substituents is 1. The summed E-state index contributed by atoms with van der Waals surface area (Å²) in [5.74, 6) is -0.292. The molecule has 0 aliphatic carbocycles. The van der Waals surface area contributed by atoms with E-state index >= 15 is 0 Å². The van der Waals surface area contributed by atoms with Gasteiger partial charge in [0.25, 0.3) is 11.6 Å². The van der Waals surface area contributed by atoms with Crippen molar-refractivity contribution in [2.75, 3.05) is 32.9 Å². The Hall–Kier alpha value is -2.72. The average molecular weight is 326 g/mol. The molecule has 10 nitrogen and oxygen atoms in total. The van der Waals surface area contributed by atoms with Crippen LogP contribution in [0.2, 0.25) is 0 Å². The number of amides is 1. The van der Waals surface area contributed by atoms with Crippen molar-refractivity contribution in [1.82, 2.24) is 4.90 Å². The SMILES string of the molecule is O=C(OOCC(=O)N1CCOCC1)Oc1ccc([N+](=O)[O-])cc1. The van der Waals surface area contributed by atoms with Crippen LogP contribution in [0.25, 0.3) is 0 Å². The Balaban J connectivity index is 1.70. The molecule has 1 heterocycles. The van der Waals surface area contributed by atoms with E-state index < -0.39 is 17.7 Å². The molecular formula is C13H14N2O8. The van der Waals surface area contributed by atoms with Gasteiger partial charge >= 0.3 is 6.16 Å². The summed E-state index contributed by atoms with van der Waals surface area (Å²) < 4.78 is 9.82. The fourth-order valence-electron chi connectivity index (χ4n) is 1.78. The molecule has 1 aliphatic rings. The second kappa shape index (κ2) is 8.06. The molecule has 23 heavy (non-hydrogen) atoms. The Morgan fingerprint density at radius 2 is 1.87 bits per heavy atom. The maximum absolute atomic E-state index is 11.7. The number of rotatable bonds is 5. The van der Waals surface area contributed by atoms with Crippen LogP contribution in [-0.4, -0.2) is 54.8 Å². The third-order valence-electron chi connectivity index (χ3n) is 2.92. The Labute approximate surface area is 130 Å². The van der Waals surface area contributed by atoms with E-state index in [2.05, 4.69) is 9.78 Å². The first-order valence-corrected chi connectivity index (χ1v) is 6.67. The van der Waals surface area contributed by atoms with E-state index in [9.17, 15) is 19.7 Å². The van der Waals surface area contributed by atoms with Gasteiger partial charge in [-0.25, -0.2) is 4.79 Å². The van der Waals surface area contributed by atoms with Crippen LogP contribution in [0.3, 0.4) is 0 Å². The van der Waals surface area contributed by atoms with E-state index in [0.717, 1.165) is 0 Å². The van der Waals surface area contributed by atoms with Crippen molar-refractivity contribution in [3.05, 3.63) is 34.4 Å². The second-order valence-electron chi connectivity index (χ2n) is 4.44. The average Bonchev–Trinajstić information content (AvgIpc) is 2.56. The van der Waals surface area contributed by atoms with Gasteiger partial charge in [-0.1, -0.05) is 0 Å². The number of non-ortho nitro benzene ring substituents is 1. The van der Waals surface area contributed by atoms with Gasteiger partial charge in [0.1, 0.15) is 5.75 Å². The molecule has 124 valence electrons. The summed E-state index contributed by atoms with van der Waals surface area (Å²) in [5, 5.41) is 10.5. The molecule has 1 fully saturated rings. The van der Waals surface area contributed by atoms with Gasteiger partial charge < -0.3 is 14.4 Å². The smallest absolute Gasteiger partial charge is 0.393 e. The Morgan fingerprint density at radius 1 is 1.22 bits per heavy atom. The highest BCUT2D eigenvalue weighted by atomic mass is 17.2. The highest BCUT2D eigenvalue weighted by Gasteiger charge is 2.18. The maximum Gasteiger partial charge on any atom is 0.546 e. The molecule has 1 aromatic carbocycles. The van der Waals surface area contributed by atoms with Crippen molar-refractivity contribution >= 4 is 17.7 Å². The number of hydrogen-bond acceptors (Lipinski definition) is 8. The Kier molecular flexibility index (Phi) is 5.83. The van der Waals surface area contributed by atoms with Crippen LogP contribution < -0.4 is 4.74 Å². The Bertz CT molecular complexity index is 568. The zero-order chi connectivity index (χ0) is 16.7. The van der Waals surface area contributed by atoms with Crippen LogP contribution in [0.5, 0.6) is 5.75 Å². The van der Waals surface area contributed by atoms with Crippen LogP contribution in [0, 0.1) is 10.1 Å². The van der Waals surface area contributed by atoms with Crippen molar-refractivity contribution in [3.63, 3.8) is 0 Å².